The van der Waals surface area contributed by atoms with E-state index >= 15 is 0 Å². The Morgan fingerprint density at radius 1 is 0.645 bits per heavy atom. The Morgan fingerprint density at radius 2 is 1.26 bits per heavy atom. The number of rotatable bonds is 5. The molecule has 1 aromatic heterocycles. The highest BCUT2D eigenvalue weighted by Crippen LogP contribution is 2.37. The van der Waals surface area contributed by atoms with E-state index in [9.17, 15) is 0 Å². The Bertz CT molecular complexity index is 1340. The Kier molecular flexibility index (Phi) is 5.11. The maximum Gasteiger partial charge on any atom is 0.0497 e. The van der Waals surface area contributed by atoms with Gasteiger partial charge in [-0.2, -0.15) is 0 Å². The molecule has 4 aromatic carbocycles. The molecule has 1 heterocycles. The van der Waals surface area contributed by atoms with Crippen molar-refractivity contribution in [1.82, 2.24) is 4.57 Å². The highest BCUT2D eigenvalue weighted by atomic mass is 15.0. The van der Waals surface area contributed by atoms with Crippen molar-refractivity contribution in [2.45, 2.75) is 39.7 Å². The first kappa shape index (κ1) is 19.6. The largest absolute Gasteiger partial charge is 0.341 e. The van der Waals surface area contributed by atoms with Gasteiger partial charge in [-0.05, 0) is 59.2 Å². The van der Waals surface area contributed by atoms with Crippen molar-refractivity contribution >= 4 is 21.8 Å². The maximum absolute atomic E-state index is 2.42. The van der Waals surface area contributed by atoms with E-state index in [-0.39, 0.29) is 0 Å². The number of aryl methyl sites for hydroxylation is 1. The van der Waals surface area contributed by atoms with Crippen molar-refractivity contribution < 1.29 is 0 Å². The van der Waals surface area contributed by atoms with Crippen LogP contribution in [0.3, 0.4) is 0 Å². The zero-order valence-electron chi connectivity index (χ0n) is 18.6. The molecule has 154 valence electrons. The SMILES string of the molecule is CCC(C)c1ccc(-c2ccc(-c3cccc4c3c3ccccc3n4CC)cc2)cc1. The summed E-state index contributed by atoms with van der Waals surface area (Å²) in [5.41, 5.74) is 9.16. The topological polar surface area (TPSA) is 4.93 Å². The predicted octanol–water partition coefficient (Wildman–Crippen LogP) is 8.66. The summed E-state index contributed by atoms with van der Waals surface area (Å²) >= 11 is 0. The Labute approximate surface area is 185 Å². The fourth-order valence-electron chi connectivity index (χ4n) is 4.76. The summed E-state index contributed by atoms with van der Waals surface area (Å²) < 4.78 is 2.42. The fourth-order valence-corrected chi connectivity index (χ4v) is 4.76. The third-order valence-electron chi connectivity index (χ3n) is 6.74. The molecule has 1 unspecified atom stereocenters. The molecule has 0 bridgehead atoms. The van der Waals surface area contributed by atoms with Crippen LogP contribution < -0.4 is 0 Å². The predicted molar refractivity (Wildman–Crippen MR) is 135 cm³/mol. The van der Waals surface area contributed by atoms with Crippen LogP contribution in [0.1, 0.15) is 38.7 Å². The molecule has 0 N–H and O–H groups in total. The number of para-hydroxylation sites is 1. The van der Waals surface area contributed by atoms with Gasteiger partial charge in [0.15, 0.2) is 0 Å². The molecular weight excluding hydrogens is 374 g/mol. The molecular formula is C30H29N. The van der Waals surface area contributed by atoms with Crippen molar-refractivity contribution in [2.75, 3.05) is 0 Å². The van der Waals surface area contributed by atoms with Gasteiger partial charge >= 0.3 is 0 Å². The molecule has 0 saturated carbocycles. The molecule has 0 aliphatic rings. The highest BCUT2D eigenvalue weighted by molar-refractivity contribution is 6.14. The fraction of sp³-hybridized carbons (Fsp3) is 0.200. The average molecular weight is 404 g/mol. The first-order valence-electron chi connectivity index (χ1n) is 11.4. The lowest BCUT2D eigenvalue weighted by molar-refractivity contribution is 0.734. The monoisotopic (exact) mass is 403 g/mol. The van der Waals surface area contributed by atoms with Gasteiger partial charge in [0.05, 0.1) is 0 Å². The lowest BCUT2D eigenvalue weighted by atomic mass is 9.94. The van der Waals surface area contributed by atoms with E-state index in [4.69, 9.17) is 0 Å². The molecule has 0 saturated heterocycles. The van der Waals surface area contributed by atoms with Gasteiger partial charge in [0.1, 0.15) is 0 Å². The van der Waals surface area contributed by atoms with E-state index in [1.165, 1.54) is 56.0 Å². The number of benzene rings is 4. The lowest BCUT2D eigenvalue weighted by Gasteiger charge is -2.11. The third kappa shape index (κ3) is 3.35. The van der Waals surface area contributed by atoms with E-state index in [1.54, 1.807) is 0 Å². The van der Waals surface area contributed by atoms with Gasteiger partial charge in [-0.15, -0.1) is 0 Å². The molecule has 5 rings (SSSR count). The molecule has 0 amide bonds. The van der Waals surface area contributed by atoms with E-state index in [1.807, 2.05) is 0 Å². The summed E-state index contributed by atoms with van der Waals surface area (Å²) in [5.74, 6) is 0.613. The smallest absolute Gasteiger partial charge is 0.0497 e. The second-order valence-electron chi connectivity index (χ2n) is 8.47. The number of fused-ring (bicyclic) bond motifs is 3. The van der Waals surface area contributed by atoms with Crippen LogP contribution in [0, 0.1) is 0 Å². The second kappa shape index (κ2) is 8.07. The van der Waals surface area contributed by atoms with Crippen LogP contribution >= 0.6 is 0 Å². The molecule has 0 aliphatic heterocycles. The van der Waals surface area contributed by atoms with Gasteiger partial charge in [-0.1, -0.05) is 92.7 Å². The summed E-state index contributed by atoms with van der Waals surface area (Å²) in [6, 6.07) is 33.6. The van der Waals surface area contributed by atoms with E-state index in [0.29, 0.717) is 5.92 Å². The van der Waals surface area contributed by atoms with Crippen molar-refractivity contribution in [3.05, 3.63) is 96.6 Å². The van der Waals surface area contributed by atoms with Crippen LogP contribution in [0.25, 0.3) is 44.1 Å². The number of nitrogens with zero attached hydrogens (tertiary/aromatic N) is 1. The minimum absolute atomic E-state index is 0.613. The molecule has 0 fully saturated rings. The molecule has 0 radical (unpaired) electrons. The third-order valence-corrected chi connectivity index (χ3v) is 6.74. The van der Waals surface area contributed by atoms with Crippen LogP contribution in [0.4, 0.5) is 0 Å². The van der Waals surface area contributed by atoms with Gasteiger partial charge in [-0.25, -0.2) is 0 Å². The highest BCUT2D eigenvalue weighted by Gasteiger charge is 2.13. The van der Waals surface area contributed by atoms with Gasteiger partial charge in [-0.3, -0.25) is 0 Å². The summed E-state index contributed by atoms with van der Waals surface area (Å²) in [5, 5.41) is 2.69. The minimum Gasteiger partial charge on any atom is -0.341 e. The standard InChI is InChI=1S/C30H29N/c1-4-21(3)22-13-15-23(16-14-22)24-17-19-25(20-18-24)26-10-8-12-29-30(26)27-9-6-7-11-28(27)31(29)5-2/h6-21H,4-5H2,1-3H3. The molecule has 1 heteroatoms. The molecule has 1 nitrogen and oxygen atoms in total. The van der Waals surface area contributed by atoms with E-state index in [0.717, 1.165) is 6.54 Å². The normalized spacial score (nSPS) is 12.5. The summed E-state index contributed by atoms with van der Waals surface area (Å²) in [6.07, 6.45) is 1.17. The minimum atomic E-state index is 0.613. The van der Waals surface area contributed by atoms with Crippen molar-refractivity contribution in [3.8, 4) is 22.3 Å². The zero-order valence-corrected chi connectivity index (χ0v) is 18.6. The Morgan fingerprint density at radius 3 is 1.94 bits per heavy atom. The van der Waals surface area contributed by atoms with Crippen LogP contribution in [-0.4, -0.2) is 4.57 Å². The van der Waals surface area contributed by atoms with Gasteiger partial charge in [0, 0.05) is 28.4 Å². The first-order valence-corrected chi connectivity index (χ1v) is 11.4. The lowest BCUT2D eigenvalue weighted by Crippen LogP contribution is -1.92. The summed E-state index contributed by atoms with van der Waals surface area (Å²) in [6.45, 7) is 7.73. The quantitative estimate of drug-likeness (QED) is 0.277. The van der Waals surface area contributed by atoms with Crippen LogP contribution in [0.2, 0.25) is 0 Å². The molecule has 0 spiro atoms. The van der Waals surface area contributed by atoms with Crippen LogP contribution in [-0.2, 0) is 6.54 Å². The number of hydrogen-bond donors (Lipinski definition) is 0. The van der Waals surface area contributed by atoms with E-state index < -0.39 is 0 Å². The second-order valence-corrected chi connectivity index (χ2v) is 8.47. The van der Waals surface area contributed by atoms with Crippen molar-refractivity contribution in [3.63, 3.8) is 0 Å². The van der Waals surface area contributed by atoms with Gasteiger partial charge in [0.25, 0.3) is 0 Å². The maximum atomic E-state index is 2.42. The van der Waals surface area contributed by atoms with Crippen LogP contribution in [0.5, 0.6) is 0 Å². The Hall–Kier alpha value is -3.32. The van der Waals surface area contributed by atoms with Gasteiger partial charge in [0.2, 0.25) is 0 Å². The van der Waals surface area contributed by atoms with Gasteiger partial charge < -0.3 is 4.57 Å². The van der Waals surface area contributed by atoms with E-state index in [2.05, 4.69) is 116 Å². The van der Waals surface area contributed by atoms with Crippen molar-refractivity contribution in [2.24, 2.45) is 0 Å². The average Bonchev–Trinajstić information content (AvgIpc) is 3.17. The number of hydrogen-bond acceptors (Lipinski definition) is 0. The van der Waals surface area contributed by atoms with Crippen LogP contribution in [0.15, 0.2) is 91.0 Å². The zero-order chi connectivity index (χ0) is 21.4. The summed E-state index contributed by atoms with van der Waals surface area (Å²) in [7, 11) is 0. The molecule has 0 aliphatic carbocycles. The number of aromatic nitrogens is 1. The van der Waals surface area contributed by atoms with Crippen molar-refractivity contribution in [1.29, 1.82) is 0 Å². The molecule has 5 aromatic rings. The first-order chi connectivity index (χ1) is 15.2. The Balaban J connectivity index is 1.57. The molecule has 1 atom stereocenters. The summed E-state index contributed by atoms with van der Waals surface area (Å²) in [4.78, 5) is 0. The molecule has 31 heavy (non-hydrogen) atoms.